The van der Waals surface area contributed by atoms with Crippen molar-refractivity contribution < 1.29 is 19.4 Å². The number of carbonyl (C=O) groups excluding carboxylic acids is 1. The first-order valence-electron chi connectivity index (χ1n) is 7.08. The van der Waals surface area contributed by atoms with Crippen molar-refractivity contribution in [3.05, 3.63) is 53.6 Å². The van der Waals surface area contributed by atoms with Crippen LogP contribution in [0.2, 0.25) is 0 Å². The number of benzene rings is 2. The van der Waals surface area contributed by atoms with E-state index in [-0.39, 0.29) is 23.3 Å². The SMILES string of the molecule is COc1ccc(C(=O)N[C@H]2CCOc3ccccc32)c(O)c1. The summed E-state index contributed by atoms with van der Waals surface area (Å²) < 4.78 is 10.6. The highest BCUT2D eigenvalue weighted by atomic mass is 16.5. The van der Waals surface area contributed by atoms with Gasteiger partial charge in [0.2, 0.25) is 0 Å². The van der Waals surface area contributed by atoms with Crippen molar-refractivity contribution in [3.63, 3.8) is 0 Å². The smallest absolute Gasteiger partial charge is 0.255 e. The van der Waals surface area contributed by atoms with Crippen LogP contribution in [0, 0.1) is 0 Å². The van der Waals surface area contributed by atoms with Gasteiger partial charge in [-0.2, -0.15) is 0 Å². The van der Waals surface area contributed by atoms with E-state index in [1.54, 1.807) is 12.1 Å². The lowest BCUT2D eigenvalue weighted by atomic mass is 10.00. The minimum atomic E-state index is -0.318. The standard InChI is InChI=1S/C17H17NO4/c1-21-11-6-7-13(15(19)10-11)17(20)18-14-8-9-22-16-5-3-2-4-12(14)16/h2-7,10,14,19H,8-9H2,1H3,(H,18,20)/t14-/m0/s1. The summed E-state index contributed by atoms with van der Waals surface area (Å²) in [7, 11) is 1.51. The summed E-state index contributed by atoms with van der Waals surface area (Å²) in [6.45, 7) is 0.552. The molecule has 0 fully saturated rings. The molecule has 0 saturated heterocycles. The third-order valence-corrected chi connectivity index (χ3v) is 3.71. The zero-order valence-electron chi connectivity index (χ0n) is 12.2. The van der Waals surface area contributed by atoms with Crippen LogP contribution in [-0.2, 0) is 0 Å². The summed E-state index contributed by atoms with van der Waals surface area (Å²) in [5, 5.41) is 12.9. The lowest BCUT2D eigenvalue weighted by molar-refractivity contribution is 0.0922. The molecule has 1 heterocycles. The highest BCUT2D eigenvalue weighted by molar-refractivity contribution is 5.97. The van der Waals surface area contributed by atoms with E-state index >= 15 is 0 Å². The van der Waals surface area contributed by atoms with Gasteiger partial charge in [0, 0.05) is 18.1 Å². The first-order valence-corrected chi connectivity index (χ1v) is 7.08. The highest BCUT2D eigenvalue weighted by Gasteiger charge is 2.24. The number of methoxy groups -OCH3 is 1. The number of rotatable bonds is 3. The summed E-state index contributed by atoms with van der Waals surface area (Å²) in [5.74, 6) is 0.877. The van der Waals surface area contributed by atoms with Crippen LogP contribution in [0.5, 0.6) is 17.2 Å². The maximum atomic E-state index is 12.4. The second-order valence-electron chi connectivity index (χ2n) is 5.08. The fourth-order valence-corrected chi connectivity index (χ4v) is 2.56. The van der Waals surface area contributed by atoms with Crippen molar-refractivity contribution in [2.24, 2.45) is 0 Å². The van der Waals surface area contributed by atoms with Crippen molar-refractivity contribution >= 4 is 5.91 Å². The summed E-state index contributed by atoms with van der Waals surface area (Å²) in [5.41, 5.74) is 1.18. The van der Waals surface area contributed by atoms with Gasteiger partial charge in [-0.15, -0.1) is 0 Å². The lowest BCUT2D eigenvalue weighted by Gasteiger charge is -2.26. The van der Waals surface area contributed by atoms with E-state index in [0.717, 1.165) is 11.3 Å². The molecule has 0 aliphatic carbocycles. The molecule has 0 unspecified atom stereocenters. The Balaban J connectivity index is 1.81. The van der Waals surface area contributed by atoms with Crippen LogP contribution in [0.3, 0.4) is 0 Å². The Labute approximate surface area is 128 Å². The Morgan fingerprint density at radius 1 is 1.32 bits per heavy atom. The van der Waals surface area contributed by atoms with E-state index in [1.165, 1.54) is 13.2 Å². The molecule has 22 heavy (non-hydrogen) atoms. The number of aromatic hydroxyl groups is 1. The van der Waals surface area contributed by atoms with Crippen LogP contribution in [0.4, 0.5) is 0 Å². The maximum absolute atomic E-state index is 12.4. The van der Waals surface area contributed by atoms with Crippen LogP contribution in [0.25, 0.3) is 0 Å². The fraction of sp³-hybridized carbons (Fsp3) is 0.235. The largest absolute Gasteiger partial charge is 0.507 e. The van der Waals surface area contributed by atoms with E-state index in [0.29, 0.717) is 18.8 Å². The van der Waals surface area contributed by atoms with Crippen molar-refractivity contribution in [3.8, 4) is 17.2 Å². The molecular formula is C17H17NO4. The molecule has 0 saturated carbocycles. The molecule has 1 aliphatic heterocycles. The van der Waals surface area contributed by atoms with Gasteiger partial charge in [-0.3, -0.25) is 4.79 Å². The number of phenols is 1. The van der Waals surface area contributed by atoms with Crippen LogP contribution in [0.1, 0.15) is 28.4 Å². The summed E-state index contributed by atoms with van der Waals surface area (Å²) in [6.07, 6.45) is 0.694. The minimum absolute atomic E-state index is 0.0998. The Morgan fingerprint density at radius 3 is 2.91 bits per heavy atom. The number of carbonyl (C=O) groups is 1. The van der Waals surface area contributed by atoms with Gasteiger partial charge in [0.25, 0.3) is 5.91 Å². The summed E-state index contributed by atoms with van der Waals surface area (Å²) in [6, 6.07) is 12.1. The van der Waals surface area contributed by atoms with Gasteiger partial charge in [0.1, 0.15) is 17.2 Å². The Kier molecular flexibility index (Phi) is 3.87. The average molecular weight is 299 g/mol. The fourth-order valence-electron chi connectivity index (χ4n) is 2.56. The van der Waals surface area contributed by atoms with Gasteiger partial charge in [0.15, 0.2) is 0 Å². The van der Waals surface area contributed by atoms with E-state index in [2.05, 4.69) is 5.32 Å². The van der Waals surface area contributed by atoms with Crippen LogP contribution < -0.4 is 14.8 Å². The Bertz CT molecular complexity index is 699. The second-order valence-corrected chi connectivity index (χ2v) is 5.08. The predicted octanol–water partition coefficient (Wildman–Crippen LogP) is 2.65. The summed E-state index contributed by atoms with van der Waals surface area (Å²) in [4.78, 5) is 12.4. The van der Waals surface area contributed by atoms with Crippen molar-refractivity contribution in [2.75, 3.05) is 13.7 Å². The van der Waals surface area contributed by atoms with Crippen molar-refractivity contribution in [1.29, 1.82) is 0 Å². The monoisotopic (exact) mass is 299 g/mol. The highest BCUT2D eigenvalue weighted by Crippen LogP contribution is 2.32. The molecule has 0 aromatic heterocycles. The number of phenolic OH excluding ortho intramolecular Hbond substituents is 1. The zero-order chi connectivity index (χ0) is 15.5. The molecule has 5 heteroatoms. The van der Waals surface area contributed by atoms with Gasteiger partial charge in [-0.05, 0) is 18.2 Å². The minimum Gasteiger partial charge on any atom is -0.507 e. The van der Waals surface area contributed by atoms with Gasteiger partial charge < -0.3 is 19.9 Å². The summed E-state index contributed by atoms with van der Waals surface area (Å²) >= 11 is 0. The number of hydrogen-bond acceptors (Lipinski definition) is 4. The molecule has 5 nitrogen and oxygen atoms in total. The molecule has 0 spiro atoms. The first kappa shape index (κ1) is 14.3. The molecule has 1 atom stereocenters. The Hall–Kier alpha value is -2.69. The van der Waals surface area contributed by atoms with Crippen LogP contribution >= 0.6 is 0 Å². The number of nitrogens with one attached hydrogen (secondary N) is 1. The predicted molar refractivity (Wildman–Crippen MR) is 81.4 cm³/mol. The van der Waals surface area contributed by atoms with Gasteiger partial charge in [-0.1, -0.05) is 18.2 Å². The molecule has 2 aromatic carbocycles. The lowest BCUT2D eigenvalue weighted by Crippen LogP contribution is -2.32. The third kappa shape index (κ3) is 2.70. The van der Waals surface area contributed by atoms with Crippen LogP contribution in [0.15, 0.2) is 42.5 Å². The van der Waals surface area contributed by atoms with Crippen molar-refractivity contribution in [2.45, 2.75) is 12.5 Å². The molecule has 114 valence electrons. The Morgan fingerprint density at radius 2 is 2.14 bits per heavy atom. The maximum Gasteiger partial charge on any atom is 0.255 e. The molecule has 2 aromatic rings. The number of amides is 1. The third-order valence-electron chi connectivity index (χ3n) is 3.71. The first-order chi connectivity index (χ1) is 10.7. The molecule has 0 bridgehead atoms. The molecule has 3 rings (SSSR count). The number of hydrogen-bond donors (Lipinski definition) is 2. The molecule has 1 aliphatic rings. The topological polar surface area (TPSA) is 67.8 Å². The molecule has 1 amide bonds. The average Bonchev–Trinajstić information content (AvgIpc) is 2.55. The zero-order valence-corrected chi connectivity index (χ0v) is 12.2. The van der Waals surface area contributed by atoms with E-state index < -0.39 is 0 Å². The molecule has 2 N–H and O–H groups in total. The van der Waals surface area contributed by atoms with E-state index in [1.807, 2.05) is 24.3 Å². The molecule has 0 radical (unpaired) electrons. The second kappa shape index (κ2) is 5.97. The van der Waals surface area contributed by atoms with Crippen LogP contribution in [-0.4, -0.2) is 24.7 Å². The van der Waals surface area contributed by atoms with Gasteiger partial charge in [0.05, 0.1) is 25.3 Å². The number of para-hydroxylation sites is 1. The number of fused-ring (bicyclic) bond motifs is 1. The normalized spacial score (nSPS) is 16.3. The number of ether oxygens (including phenoxy) is 2. The quantitative estimate of drug-likeness (QED) is 0.914. The van der Waals surface area contributed by atoms with Crippen molar-refractivity contribution in [1.82, 2.24) is 5.32 Å². The van der Waals surface area contributed by atoms with E-state index in [4.69, 9.17) is 9.47 Å². The van der Waals surface area contributed by atoms with E-state index in [9.17, 15) is 9.90 Å². The van der Waals surface area contributed by atoms with Gasteiger partial charge in [-0.25, -0.2) is 0 Å². The molecular weight excluding hydrogens is 282 g/mol. The van der Waals surface area contributed by atoms with Gasteiger partial charge >= 0.3 is 0 Å².